The highest BCUT2D eigenvalue weighted by Crippen LogP contribution is 2.13. The van der Waals surface area contributed by atoms with Crippen LogP contribution in [0.3, 0.4) is 0 Å². The molecule has 0 fully saturated rings. The fourth-order valence-corrected chi connectivity index (χ4v) is 2.88. The lowest BCUT2D eigenvalue weighted by Crippen LogP contribution is -2.58. The van der Waals surface area contributed by atoms with Crippen LogP contribution in [0, 0.1) is 15.3 Å². The summed E-state index contributed by atoms with van der Waals surface area (Å²) in [6, 6.07) is 0. The van der Waals surface area contributed by atoms with Gasteiger partial charge in [-0.1, -0.05) is 96.8 Å². The highest BCUT2D eigenvalue weighted by Gasteiger charge is 1.99. The summed E-state index contributed by atoms with van der Waals surface area (Å²) in [5.41, 5.74) is 3.61. The maximum atomic E-state index is 11.2. The van der Waals surface area contributed by atoms with E-state index in [1.807, 2.05) is 0 Å². The van der Waals surface area contributed by atoms with Crippen LogP contribution in [0.25, 0.3) is 0 Å². The number of unbranched alkanes of at least 4 members (excludes halogenated alkanes) is 14. The molecular formula is C19H41N3O4. The molecule has 0 atom stereocenters. The molecule has 4 N–H and O–H groups in total. The van der Waals surface area contributed by atoms with Gasteiger partial charge in [0.05, 0.1) is 5.09 Å². The van der Waals surface area contributed by atoms with Crippen molar-refractivity contribution in [2.24, 2.45) is 0 Å². The summed E-state index contributed by atoms with van der Waals surface area (Å²) in [7, 11) is 0. The lowest BCUT2D eigenvalue weighted by atomic mass is 10.0. The number of rotatable bonds is 17. The summed E-state index contributed by atoms with van der Waals surface area (Å²) in [6.07, 6.45) is 21.1. The Balaban J connectivity index is 0. The first-order chi connectivity index (χ1) is 12.5. The minimum absolute atomic E-state index is 0.157. The van der Waals surface area contributed by atoms with E-state index in [9.17, 15) is 4.79 Å². The molecule has 0 spiro atoms. The Morgan fingerprint density at radius 1 is 0.769 bits per heavy atom. The van der Waals surface area contributed by atoms with E-state index in [-0.39, 0.29) is 5.91 Å². The summed E-state index contributed by atoms with van der Waals surface area (Å²) >= 11 is 0. The molecule has 0 aliphatic rings. The van der Waals surface area contributed by atoms with Crippen molar-refractivity contribution in [3.05, 3.63) is 15.3 Å². The van der Waals surface area contributed by atoms with E-state index >= 15 is 0 Å². The second kappa shape index (κ2) is 23.6. The van der Waals surface area contributed by atoms with Crippen molar-refractivity contribution in [1.82, 2.24) is 5.32 Å². The number of carbonyl (C=O) groups excluding carboxylic acids is 1. The Morgan fingerprint density at radius 2 is 1.08 bits per heavy atom. The SMILES string of the molecule is CCCCCCCCCCCCCCCCCC(=O)NC[NH3+].O=[N+]([O-])[O-]. The summed E-state index contributed by atoms with van der Waals surface area (Å²) in [5, 5.41) is 17.5. The van der Waals surface area contributed by atoms with Crippen LogP contribution in [0.15, 0.2) is 0 Å². The second-order valence-electron chi connectivity index (χ2n) is 6.77. The Kier molecular flexibility index (Phi) is 24.4. The van der Waals surface area contributed by atoms with Crippen LogP contribution in [0.4, 0.5) is 0 Å². The van der Waals surface area contributed by atoms with Gasteiger partial charge in [-0.3, -0.25) is 4.79 Å². The van der Waals surface area contributed by atoms with E-state index in [4.69, 9.17) is 15.3 Å². The zero-order chi connectivity index (χ0) is 19.9. The van der Waals surface area contributed by atoms with Gasteiger partial charge in [0, 0.05) is 6.42 Å². The summed E-state index contributed by atoms with van der Waals surface area (Å²) < 4.78 is 0. The Morgan fingerprint density at radius 3 is 1.38 bits per heavy atom. The van der Waals surface area contributed by atoms with E-state index in [1.165, 1.54) is 89.9 Å². The maximum Gasteiger partial charge on any atom is 0.224 e. The molecule has 0 bridgehead atoms. The van der Waals surface area contributed by atoms with Gasteiger partial charge in [0.15, 0.2) is 0 Å². The number of carbonyl (C=O) groups is 1. The van der Waals surface area contributed by atoms with Crippen molar-refractivity contribution in [3.63, 3.8) is 0 Å². The fourth-order valence-electron chi connectivity index (χ4n) is 2.88. The first-order valence-corrected chi connectivity index (χ1v) is 10.4. The molecule has 7 heteroatoms. The van der Waals surface area contributed by atoms with Crippen molar-refractivity contribution in [2.45, 2.75) is 110 Å². The quantitative estimate of drug-likeness (QED) is 0.170. The van der Waals surface area contributed by atoms with Crippen molar-refractivity contribution in [1.29, 1.82) is 0 Å². The molecule has 7 nitrogen and oxygen atoms in total. The van der Waals surface area contributed by atoms with Crippen molar-refractivity contribution in [2.75, 3.05) is 6.67 Å². The van der Waals surface area contributed by atoms with Crippen LogP contribution in [-0.2, 0) is 4.79 Å². The molecule has 0 radical (unpaired) electrons. The minimum atomic E-state index is -1.75. The lowest BCUT2D eigenvalue weighted by Gasteiger charge is -2.03. The molecule has 0 aliphatic carbocycles. The fraction of sp³-hybridized carbons (Fsp3) is 0.947. The third-order valence-electron chi connectivity index (χ3n) is 4.33. The Hall–Kier alpha value is -1.37. The van der Waals surface area contributed by atoms with Gasteiger partial charge in [-0.05, 0) is 6.42 Å². The van der Waals surface area contributed by atoms with E-state index in [1.54, 1.807) is 0 Å². The van der Waals surface area contributed by atoms with Gasteiger partial charge in [-0.15, -0.1) is 0 Å². The molecule has 1 amide bonds. The Bertz CT molecular complexity index is 311. The van der Waals surface area contributed by atoms with Crippen molar-refractivity contribution in [3.8, 4) is 0 Å². The van der Waals surface area contributed by atoms with Gasteiger partial charge >= 0.3 is 0 Å². The van der Waals surface area contributed by atoms with Gasteiger partial charge in [0.2, 0.25) is 5.91 Å². The number of nitrogens with zero attached hydrogens (tertiary/aromatic N) is 1. The largest absolute Gasteiger partial charge is 0.356 e. The third kappa shape index (κ3) is 30.5. The molecule has 0 aromatic heterocycles. The minimum Gasteiger partial charge on any atom is -0.356 e. The van der Waals surface area contributed by atoms with Gasteiger partial charge < -0.3 is 26.4 Å². The zero-order valence-corrected chi connectivity index (χ0v) is 16.8. The third-order valence-corrected chi connectivity index (χ3v) is 4.33. The van der Waals surface area contributed by atoms with E-state index in [0.717, 1.165) is 6.42 Å². The average molecular weight is 376 g/mol. The van der Waals surface area contributed by atoms with E-state index < -0.39 is 5.09 Å². The van der Waals surface area contributed by atoms with Crippen LogP contribution >= 0.6 is 0 Å². The monoisotopic (exact) mass is 375 g/mol. The standard InChI is InChI=1S/C19H40N2O.NO3/c1-2-3-4-5-6-7-8-9-10-11-12-13-14-15-16-17-19(22)21-18-20;2-1(3)4/h2-18,20H2,1H3,(H,21,22);/q;-1/p+1. The number of hydrogen-bond acceptors (Lipinski definition) is 4. The summed E-state index contributed by atoms with van der Waals surface area (Å²) in [5.74, 6) is 0.157. The highest BCUT2D eigenvalue weighted by molar-refractivity contribution is 5.75. The van der Waals surface area contributed by atoms with Crippen molar-refractivity contribution >= 4 is 5.91 Å². The molecule has 0 rings (SSSR count). The molecule has 0 saturated carbocycles. The van der Waals surface area contributed by atoms with Crippen LogP contribution in [0.1, 0.15) is 110 Å². The van der Waals surface area contributed by atoms with Crippen LogP contribution < -0.4 is 11.1 Å². The molecule has 0 aromatic carbocycles. The van der Waals surface area contributed by atoms with E-state index in [2.05, 4.69) is 18.0 Å². The lowest BCUT2D eigenvalue weighted by molar-refractivity contribution is -0.402. The molecule has 0 aliphatic heterocycles. The topological polar surface area (TPSA) is 123 Å². The molecule has 156 valence electrons. The first-order valence-electron chi connectivity index (χ1n) is 10.4. The summed E-state index contributed by atoms with van der Waals surface area (Å²) in [6.45, 7) is 2.79. The van der Waals surface area contributed by atoms with Gasteiger partial charge in [-0.2, -0.15) is 0 Å². The predicted octanol–water partition coefficient (Wildman–Crippen LogP) is 4.32. The Labute approximate surface area is 159 Å². The molecule has 0 unspecified atom stereocenters. The molecule has 0 heterocycles. The number of nitrogens with one attached hydrogen (secondary N) is 1. The maximum absolute atomic E-state index is 11.2. The van der Waals surface area contributed by atoms with Crippen molar-refractivity contribution < 1.29 is 15.6 Å². The average Bonchev–Trinajstić information content (AvgIpc) is 2.58. The number of hydrogen-bond donors (Lipinski definition) is 2. The smallest absolute Gasteiger partial charge is 0.224 e. The second-order valence-corrected chi connectivity index (χ2v) is 6.77. The summed E-state index contributed by atoms with van der Waals surface area (Å²) in [4.78, 5) is 19.5. The molecule has 0 saturated heterocycles. The number of quaternary nitrogens is 1. The van der Waals surface area contributed by atoms with Crippen LogP contribution in [0.2, 0.25) is 0 Å². The van der Waals surface area contributed by atoms with E-state index in [0.29, 0.717) is 13.1 Å². The molecule has 26 heavy (non-hydrogen) atoms. The molecular weight excluding hydrogens is 334 g/mol. The van der Waals surface area contributed by atoms with Gasteiger partial charge in [0.25, 0.3) is 0 Å². The molecule has 0 aromatic rings. The predicted molar refractivity (Wildman–Crippen MR) is 106 cm³/mol. The van der Waals surface area contributed by atoms with Gasteiger partial charge in [-0.25, -0.2) is 0 Å². The van der Waals surface area contributed by atoms with Crippen LogP contribution in [0.5, 0.6) is 0 Å². The zero-order valence-electron chi connectivity index (χ0n) is 16.8. The normalized spacial score (nSPS) is 10.1. The highest BCUT2D eigenvalue weighted by atomic mass is 16.9. The van der Waals surface area contributed by atoms with Gasteiger partial charge in [0.1, 0.15) is 6.67 Å². The number of amides is 1. The first kappa shape index (κ1) is 26.9. The van der Waals surface area contributed by atoms with Crippen LogP contribution in [-0.4, -0.2) is 17.7 Å².